The summed E-state index contributed by atoms with van der Waals surface area (Å²) < 4.78 is 16.9. The smallest absolute Gasteiger partial charge is 0.306 e. The van der Waals surface area contributed by atoms with Gasteiger partial charge in [0.1, 0.15) is 13.2 Å². The Hall–Kier alpha value is -2.89. The second-order valence-corrected chi connectivity index (χ2v) is 21.0. The van der Waals surface area contributed by atoms with Gasteiger partial charge < -0.3 is 14.2 Å². The van der Waals surface area contributed by atoms with E-state index in [-0.39, 0.29) is 31.1 Å². The van der Waals surface area contributed by atoms with Crippen LogP contribution in [0.5, 0.6) is 0 Å². The zero-order valence-corrected chi connectivity index (χ0v) is 47.9. The molecule has 0 heterocycles. The van der Waals surface area contributed by atoms with Crippen LogP contribution in [0.25, 0.3) is 0 Å². The Bertz CT molecular complexity index is 1290. The van der Waals surface area contributed by atoms with Crippen LogP contribution >= 0.6 is 0 Å². The lowest BCUT2D eigenvalue weighted by Gasteiger charge is -2.18. The van der Waals surface area contributed by atoms with Gasteiger partial charge in [-0.2, -0.15) is 0 Å². The maximum absolute atomic E-state index is 12.9. The van der Waals surface area contributed by atoms with E-state index < -0.39 is 6.10 Å². The van der Waals surface area contributed by atoms with Crippen LogP contribution in [0.3, 0.4) is 0 Å². The van der Waals surface area contributed by atoms with E-state index in [0.29, 0.717) is 19.3 Å². The van der Waals surface area contributed by atoms with Gasteiger partial charge in [0, 0.05) is 19.3 Å². The summed E-state index contributed by atoms with van der Waals surface area (Å²) in [5.41, 5.74) is 0. The minimum Gasteiger partial charge on any atom is -0.462 e. The Labute approximate surface area is 447 Å². The zero-order valence-electron chi connectivity index (χ0n) is 47.9. The average molecular weight is 1010 g/mol. The summed E-state index contributed by atoms with van der Waals surface area (Å²) >= 11 is 0. The molecule has 0 aliphatic rings. The second kappa shape index (κ2) is 60.7. The average Bonchev–Trinajstić information content (AvgIpc) is 3.38. The number of unbranched alkanes of at least 4 members (excludes halogenated alkanes) is 36. The first-order valence-corrected chi connectivity index (χ1v) is 31.3. The Balaban J connectivity index is 4.39. The van der Waals surface area contributed by atoms with Crippen LogP contribution in [0.2, 0.25) is 0 Å². The van der Waals surface area contributed by atoms with Crippen molar-refractivity contribution in [2.75, 3.05) is 13.2 Å². The Kier molecular flexibility index (Phi) is 58.2. The van der Waals surface area contributed by atoms with Gasteiger partial charge in [-0.25, -0.2) is 0 Å². The van der Waals surface area contributed by atoms with Gasteiger partial charge in [-0.1, -0.05) is 274 Å². The van der Waals surface area contributed by atoms with Crippen LogP contribution in [0.1, 0.15) is 323 Å². The van der Waals surface area contributed by atoms with Crippen molar-refractivity contribution in [1.82, 2.24) is 0 Å². The van der Waals surface area contributed by atoms with Crippen molar-refractivity contribution in [3.8, 4) is 0 Å². The molecule has 6 heteroatoms. The molecule has 0 amide bonds. The molecular weight excluding hydrogens is 889 g/mol. The lowest BCUT2D eigenvalue weighted by molar-refractivity contribution is -0.167. The molecule has 0 saturated heterocycles. The van der Waals surface area contributed by atoms with Crippen LogP contribution in [0.15, 0.2) is 60.8 Å². The van der Waals surface area contributed by atoms with E-state index in [1.165, 1.54) is 193 Å². The molecule has 0 aromatic heterocycles. The van der Waals surface area contributed by atoms with Crippen molar-refractivity contribution in [3.63, 3.8) is 0 Å². The highest BCUT2D eigenvalue weighted by Gasteiger charge is 2.19. The predicted molar refractivity (Wildman–Crippen MR) is 312 cm³/mol. The third kappa shape index (κ3) is 58.0. The van der Waals surface area contributed by atoms with E-state index in [9.17, 15) is 14.4 Å². The lowest BCUT2D eigenvalue weighted by atomic mass is 10.0. The molecule has 6 nitrogen and oxygen atoms in total. The predicted octanol–water partition coefficient (Wildman–Crippen LogP) is 21.2. The molecule has 1 unspecified atom stereocenters. The molecule has 0 rings (SSSR count). The monoisotopic (exact) mass is 1010 g/mol. The molecule has 72 heavy (non-hydrogen) atoms. The summed E-state index contributed by atoms with van der Waals surface area (Å²) in [5, 5.41) is 0. The van der Waals surface area contributed by atoms with Crippen LogP contribution < -0.4 is 0 Å². The fraction of sp³-hybridized carbons (Fsp3) is 0.803. The molecule has 418 valence electrons. The normalized spacial score (nSPS) is 12.4. The van der Waals surface area contributed by atoms with Crippen molar-refractivity contribution >= 4 is 17.9 Å². The number of hydrogen-bond acceptors (Lipinski definition) is 6. The summed E-state index contributed by atoms with van der Waals surface area (Å²) in [7, 11) is 0. The highest BCUT2D eigenvalue weighted by molar-refractivity contribution is 5.71. The van der Waals surface area contributed by atoms with Gasteiger partial charge in [0.2, 0.25) is 0 Å². The third-order valence-corrected chi connectivity index (χ3v) is 13.7. The van der Waals surface area contributed by atoms with Gasteiger partial charge in [-0.3, -0.25) is 14.4 Å². The van der Waals surface area contributed by atoms with E-state index in [4.69, 9.17) is 14.2 Å². The summed E-state index contributed by atoms with van der Waals surface area (Å²) in [4.78, 5) is 38.3. The Morgan fingerprint density at radius 1 is 0.278 bits per heavy atom. The van der Waals surface area contributed by atoms with E-state index in [1.807, 2.05) is 0 Å². The lowest BCUT2D eigenvalue weighted by Crippen LogP contribution is -2.30. The number of carbonyl (C=O) groups excluding carboxylic acids is 3. The molecular formula is C66H118O6. The molecule has 0 N–H and O–H groups in total. The van der Waals surface area contributed by atoms with Gasteiger partial charge in [0.05, 0.1) is 0 Å². The van der Waals surface area contributed by atoms with Crippen LogP contribution in [-0.2, 0) is 28.6 Å². The standard InChI is InChI=1S/C66H118O6/c1-4-7-10-13-16-19-22-25-28-31-33-36-38-41-44-47-50-53-56-59-65(68)71-62-63(61-70-64(67)58-55-52-49-46-43-40-37-34-30-27-24-21-18-15-12-9-6-3)72-66(69)60-57-54-51-48-45-42-39-35-32-29-26-23-20-17-14-11-8-5-2/h16,19-20,23,25,28-29,32-33,36,63H,4-15,17-18,21-22,24,26-27,30-31,34-35,37-62H2,1-3H3/b19-16-,23-20-,28-25-,32-29-,36-33-. The molecule has 0 aliphatic carbocycles. The van der Waals surface area contributed by atoms with Crippen molar-refractivity contribution in [1.29, 1.82) is 0 Å². The van der Waals surface area contributed by atoms with E-state index in [2.05, 4.69) is 81.5 Å². The minimum absolute atomic E-state index is 0.0788. The first kappa shape index (κ1) is 69.1. The molecule has 1 atom stereocenters. The van der Waals surface area contributed by atoms with Gasteiger partial charge >= 0.3 is 17.9 Å². The number of esters is 3. The van der Waals surface area contributed by atoms with Crippen molar-refractivity contribution in [2.24, 2.45) is 0 Å². The summed E-state index contributed by atoms with van der Waals surface area (Å²) in [6, 6.07) is 0. The molecule has 0 aromatic rings. The molecule has 0 aromatic carbocycles. The quantitative estimate of drug-likeness (QED) is 0.0261. The van der Waals surface area contributed by atoms with Gasteiger partial charge in [-0.15, -0.1) is 0 Å². The van der Waals surface area contributed by atoms with E-state index >= 15 is 0 Å². The van der Waals surface area contributed by atoms with Gasteiger partial charge in [0.25, 0.3) is 0 Å². The molecule has 0 saturated carbocycles. The fourth-order valence-electron chi connectivity index (χ4n) is 9.01. The van der Waals surface area contributed by atoms with Crippen LogP contribution in [0.4, 0.5) is 0 Å². The van der Waals surface area contributed by atoms with Crippen molar-refractivity contribution in [3.05, 3.63) is 60.8 Å². The van der Waals surface area contributed by atoms with Crippen molar-refractivity contribution in [2.45, 2.75) is 329 Å². The van der Waals surface area contributed by atoms with Crippen molar-refractivity contribution < 1.29 is 28.6 Å². The number of hydrogen-bond donors (Lipinski definition) is 0. The first-order chi connectivity index (χ1) is 35.5. The maximum atomic E-state index is 12.9. The number of rotatable bonds is 57. The summed E-state index contributed by atoms with van der Waals surface area (Å²) in [6.07, 6.45) is 76.4. The topological polar surface area (TPSA) is 78.9 Å². The summed E-state index contributed by atoms with van der Waals surface area (Å²) in [5.74, 6) is -0.882. The Morgan fingerprint density at radius 2 is 0.500 bits per heavy atom. The molecule has 0 aliphatic heterocycles. The zero-order chi connectivity index (χ0) is 52.2. The highest BCUT2D eigenvalue weighted by Crippen LogP contribution is 2.16. The van der Waals surface area contributed by atoms with E-state index in [0.717, 1.165) is 89.9 Å². The van der Waals surface area contributed by atoms with Crippen LogP contribution in [0, 0.1) is 0 Å². The number of allylic oxidation sites excluding steroid dienone is 10. The molecule has 0 radical (unpaired) electrons. The van der Waals surface area contributed by atoms with Gasteiger partial charge in [0.15, 0.2) is 6.10 Å². The van der Waals surface area contributed by atoms with Crippen LogP contribution in [-0.4, -0.2) is 37.2 Å². The Morgan fingerprint density at radius 3 is 0.819 bits per heavy atom. The third-order valence-electron chi connectivity index (χ3n) is 13.7. The second-order valence-electron chi connectivity index (χ2n) is 21.0. The first-order valence-electron chi connectivity index (χ1n) is 31.3. The number of ether oxygens (including phenoxy) is 3. The number of carbonyl (C=O) groups is 3. The fourth-order valence-corrected chi connectivity index (χ4v) is 9.01. The molecule has 0 bridgehead atoms. The molecule has 0 spiro atoms. The SMILES string of the molecule is CCCCC/C=C\C/C=C\C/C=C\CCCCCCCCC(=O)OCC(COC(=O)CCCCCCCCCCCCCCCCCCC)OC(=O)CCCCCCCCC/C=C\C/C=C\CCCCCC. The maximum Gasteiger partial charge on any atom is 0.306 e. The summed E-state index contributed by atoms with van der Waals surface area (Å²) in [6.45, 7) is 6.62. The minimum atomic E-state index is -0.783. The largest absolute Gasteiger partial charge is 0.462 e. The van der Waals surface area contributed by atoms with Gasteiger partial charge in [-0.05, 0) is 89.9 Å². The van der Waals surface area contributed by atoms with E-state index in [1.54, 1.807) is 0 Å². The highest BCUT2D eigenvalue weighted by atomic mass is 16.6. The molecule has 0 fully saturated rings.